The summed E-state index contributed by atoms with van der Waals surface area (Å²) < 4.78 is 24.8. The second-order valence-corrected chi connectivity index (χ2v) is 15.8. The monoisotopic (exact) mass is 714 g/mol. The third-order valence-corrected chi connectivity index (χ3v) is 12.3. The van der Waals surface area contributed by atoms with Gasteiger partial charge in [0.25, 0.3) is 0 Å². The van der Waals surface area contributed by atoms with E-state index in [0.29, 0.717) is 22.0 Å². The van der Waals surface area contributed by atoms with Crippen LogP contribution in [0.1, 0.15) is 22.3 Å². The maximum atomic E-state index is 6.13. The molecule has 0 saturated carbocycles. The van der Waals surface area contributed by atoms with Crippen molar-refractivity contribution in [3.8, 4) is 22.6 Å². The summed E-state index contributed by atoms with van der Waals surface area (Å²) in [5.74, 6) is 3.31. The van der Waals surface area contributed by atoms with E-state index in [-0.39, 0.29) is 12.2 Å². The lowest BCUT2D eigenvalue weighted by Gasteiger charge is -2.34. The lowest BCUT2D eigenvalue weighted by atomic mass is 9.67. The number of hydrogen-bond acceptors (Lipinski definition) is 8. The van der Waals surface area contributed by atoms with Crippen molar-refractivity contribution in [1.82, 2.24) is 0 Å². The second-order valence-electron chi connectivity index (χ2n) is 12.5. The summed E-state index contributed by atoms with van der Waals surface area (Å²) in [4.78, 5) is 0. The van der Waals surface area contributed by atoms with Crippen LogP contribution in [0.2, 0.25) is 0 Å². The molecule has 8 heteroatoms. The Morgan fingerprint density at radius 3 is 1.43 bits per heavy atom. The highest BCUT2D eigenvalue weighted by Crippen LogP contribution is 2.56. The molecule has 0 amide bonds. The van der Waals surface area contributed by atoms with Gasteiger partial charge in [0, 0.05) is 11.5 Å². The molecule has 2 saturated heterocycles. The Bertz CT molecular complexity index is 2120. The standard InChI is InChI=1S/C41H30O4S4/c46-39-44-33(23-48-39)21-42-31-15-11-25-17-29(13-9-27(25)19-31)41(37-7-3-1-5-35(37)36-6-2-4-8-38(36)41)30-14-10-28-20-32(16-12-26(28)18-30)43-22-34-24-49-40(47)45-34/h1-20,33-34H,21-24H2. The summed E-state index contributed by atoms with van der Waals surface area (Å²) in [5, 5.41) is 4.58. The summed E-state index contributed by atoms with van der Waals surface area (Å²) in [7, 11) is 0. The van der Waals surface area contributed by atoms with E-state index >= 15 is 0 Å². The number of ether oxygens (including phenoxy) is 4. The quantitative estimate of drug-likeness (QED) is 0.144. The van der Waals surface area contributed by atoms with E-state index in [1.165, 1.54) is 33.4 Å². The first-order valence-corrected chi connectivity index (χ1v) is 19.0. The molecule has 1 aliphatic carbocycles. The molecule has 0 spiro atoms. The Morgan fingerprint density at radius 2 is 0.980 bits per heavy atom. The fourth-order valence-corrected chi connectivity index (χ4v) is 9.45. The van der Waals surface area contributed by atoms with Gasteiger partial charge in [-0.2, -0.15) is 0 Å². The average molecular weight is 715 g/mol. The molecule has 0 bridgehead atoms. The minimum atomic E-state index is -0.508. The lowest BCUT2D eigenvalue weighted by Crippen LogP contribution is -2.28. The zero-order chi connectivity index (χ0) is 33.0. The SMILES string of the molecule is S=C1OC(COc2ccc3cc(C4(c5ccc6cc(OCC7CSC(=S)O7)ccc6c5)c5ccccc5-c5ccccc54)ccc3c2)CS1. The summed E-state index contributed by atoms with van der Waals surface area (Å²) >= 11 is 13.5. The average Bonchev–Trinajstić information content (AvgIpc) is 3.84. The van der Waals surface area contributed by atoms with Crippen LogP contribution in [0.25, 0.3) is 32.7 Å². The zero-order valence-corrected chi connectivity index (χ0v) is 29.6. The Morgan fingerprint density at radius 1 is 0.551 bits per heavy atom. The fraction of sp³-hybridized carbons (Fsp3) is 0.171. The van der Waals surface area contributed by atoms with Crippen LogP contribution in [-0.2, 0) is 14.9 Å². The molecule has 0 radical (unpaired) electrons. The van der Waals surface area contributed by atoms with Crippen LogP contribution in [0, 0.1) is 0 Å². The topological polar surface area (TPSA) is 36.9 Å². The number of benzene rings is 6. The molecule has 9 rings (SSSR count). The van der Waals surface area contributed by atoms with Crippen LogP contribution in [0.15, 0.2) is 121 Å². The first-order valence-electron chi connectivity index (χ1n) is 16.2. The minimum absolute atomic E-state index is 0.0101. The Hall–Kier alpha value is -4.08. The van der Waals surface area contributed by atoms with Crippen LogP contribution in [0.3, 0.4) is 0 Å². The number of hydrogen-bond donors (Lipinski definition) is 0. The first kappa shape index (κ1) is 30.9. The molecule has 2 heterocycles. The van der Waals surface area contributed by atoms with Crippen molar-refractivity contribution in [2.45, 2.75) is 17.6 Å². The molecule has 4 nitrogen and oxygen atoms in total. The molecule has 49 heavy (non-hydrogen) atoms. The molecule has 6 aromatic rings. The largest absolute Gasteiger partial charge is 0.490 e. The van der Waals surface area contributed by atoms with Crippen molar-refractivity contribution in [3.63, 3.8) is 0 Å². The molecule has 242 valence electrons. The van der Waals surface area contributed by atoms with Gasteiger partial charge < -0.3 is 18.9 Å². The highest BCUT2D eigenvalue weighted by Gasteiger charge is 2.46. The summed E-state index contributed by atoms with van der Waals surface area (Å²) in [6, 6.07) is 44.1. The second kappa shape index (κ2) is 12.7. The molecular weight excluding hydrogens is 685 g/mol. The lowest BCUT2D eigenvalue weighted by molar-refractivity contribution is 0.151. The smallest absolute Gasteiger partial charge is 0.220 e. The predicted molar refractivity (Wildman–Crippen MR) is 210 cm³/mol. The Kier molecular flexibility index (Phi) is 8.00. The summed E-state index contributed by atoms with van der Waals surface area (Å²) in [6.07, 6.45) is -0.0202. The van der Waals surface area contributed by atoms with Gasteiger partial charge >= 0.3 is 0 Å². The van der Waals surface area contributed by atoms with Crippen LogP contribution in [0.4, 0.5) is 0 Å². The van der Waals surface area contributed by atoms with Crippen molar-refractivity contribution >= 4 is 78.3 Å². The number of thiocarbonyl (C=S) groups is 2. The Balaban J connectivity index is 1.12. The van der Waals surface area contributed by atoms with Gasteiger partial charge in [-0.25, -0.2) is 0 Å². The van der Waals surface area contributed by atoms with E-state index in [1.54, 1.807) is 23.5 Å². The molecule has 2 unspecified atom stereocenters. The van der Waals surface area contributed by atoms with E-state index in [9.17, 15) is 0 Å². The van der Waals surface area contributed by atoms with Gasteiger partial charge in [0.05, 0.1) is 5.41 Å². The van der Waals surface area contributed by atoms with Gasteiger partial charge in [-0.1, -0.05) is 108 Å². The number of thioether (sulfide) groups is 2. The molecule has 2 atom stereocenters. The number of fused-ring (bicyclic) bond motifs is 5. The van der Waals surface area contributed by atoms with Gasteiger partial charge in [0.1, 0.15) is 36.9 Å². The van der Waals surface area contributed by atoms with Gasteiger partial charge in [-0.05, 0) is 116 Å². The Labute approximate surface area is 304 Å². The van der Waals surface area contributed by atoms with Gasteiger partial charge in [-0.3, -0.25) is 0 Å². The minimum Gasteiger partial charge on any atom is -0.490 e. The molecule has 2 fully saturated rings. The van der Waals surface area contributed by atoms with Crippen LogP contribution in [0.5, 0.6) is 11.5 Å². The van der Waals surface area contributed by atoms with Crippen molar-refractivity contribution in [2.24, 2.45) is 0 Å². The van der Waals surface area contributed by atoms with E-state index in [4.69, 9.17) is 43.4 Å². The molecular formula is C41H30O4S4. The molecule has 0 aromatic heterocycles. The first-order chi connectivity index (χ1) is 24.0. The molecule has 6 aromatic carbocycles. The van der Waals surface area contributed by atoms with Crippen LogP contribution < -0.4 is 9.47 Å². The maximum Gasteiger partial charge on any atom is 0.220 e. The van der Waals surface area contributed by atoms with E-state index in [2.05, 4.69) is 121 Å². The summed E-state index contributed by atoms with van der Waals surface area (Å²) in [5.41, 5.74) is 7.05. The van der Waals surface area contributed by atoms with Gasteiger partial charge in [0.2, 0.25) is 8.77 Å². The third-order valence-electron chi connectivity index (χ3n) is 9.61. The van der Waals surface area contributed by atoms with E-state index in [1.807, 2.05) is 0 Å². The molecule has 2 aliphatic heterocycles. The van der Waals surface area contributed by atoms with Crippen LogP contribution >= 0.6 is 48.0 Å². The molecule has 3 aliphatic rings. The third kappa shape index (κ3) is 5.55. The van der Waals surface area contributed by atoms with E-state index in [0.717, 1.165) is 44.5 Å². The van der Waals surface area contributed by atoms with Crippen molar-refractivity contribution in [1.29, 1.82) is 0 Å². The maximum absolute atomic E-state index is 6.13. The zero-order valence-electron chi connectivity index (χ0n) is 26.3. The van der Waals surface area contributed by atoms with Crippen molar-refractivity contribution in [3.05, 3.63) is 144 Å². The van der Waals surface area contributed by atoms with Crippen molar-refractivity contribution < 1.29 is 18.9 Å². The highest BCUT2D eigenvalue weighted by atomic mass is 32.2. The predicted octanol–water partition coefficient (Wildman–Crippen LogP) is 9.95. The fourth-order valence-electron chi connectivity index (χ4n) is 7.39. The van der Waals surface area contributed by atoms with Crippen molar-refractivity contribution in [2.75, 3.05) is 24.7 Å². The normalized spacial score (nSPS) is 19.0. The van der Waals surface area contributed by atoms with E-state index < -0.39 is 5.41 Å². The molecule has 0 N–H and O–H groups in total. The number of rotatable bonds is 8. The van der Waals surface area contributed by atoms with Crippen LogP contribution in [-0.4, -0.2) is 45.7 Å². The van der Waals surface area contributed by atoms with Gasteiger partial charge in [-0.15, -0.1) is 0 Å². The highest BCUT2D eigenvalue weighted by molar-refractivity contribution is 8.23. The summed E-state index contributed by atoms with van der Waals surface area (Å²) in [6.45, 7) is 0.956. The van der Waals surface area contributed by atoms with Gasteiger partial charge in [0.15, 0.2) is 0 Å².